The lowest BCUT2D eigenvalue weighted by Crippen LogP contribution is -2.27. The second-order valence-electron chi connectivity index (χ2n) is 9.14. The second-order valence-corrected chi connectivity index (χ2v) is 9.14. The van der Waals surface area contributed by atoms with Crippen LogP contribution in [0.5, 0.6) is 0 Å². The molecule has 0 aromatic carbocycles. The van der Waals surface area contributed by atoms with Crippen molar-refractivity contribution in [1.82, 2.24) is 4.90 Å². The van der Waals surface area contributed by atoms with E-state index in [0.29, 0.717) is 6.61 Å². The molecule has 0 bridgehead atoms. The molecule has 5 heteroatoms. The monoisotopic (exact) mass is 459 g/mol. The number of ether oxygens (including phenoxy) is 1. The van der Waals surface area contributed by atoms with Crippen molar-refractivity contribution in [2.75, 3.05) is 26.2 Å². The van der Waals surface area contributed by atoms with Gasteiger partial charge in [0.05, 0.1) is 0 Å². The Balaban J connectivity index is 0.00000235. The number of carbonyl (C=O) groups excluding carboxylic acids is 1. The van der Waals surface area contributed by atoms with E-state index >= 15 is 0 Å². The lowest BCUT2D eigenvalue weighted by molar-refractivity contribution is -0.138. The minimum absolute atomic E-state index is 0.264. The molecule has 33 heavy (non-hydrogen) atoms. The molecule has 0 aromatic heterocycles. The standard InChI is InChI=1S/C26H41NO2.C2H4O2/c1-8-27(9-2)18-19-29-25(28)20-22(4)13-10-12-21(3)15-16-24-23(5)14-11-17-26(24,6)7;1-2(3)4/h10,12-13,15-16,20H,8-9,11,14,17-19H2,1-7H3;1H3,(H,3,4)/b13-10+,16-15+,21-12-,22-20-;. The van der Waals surface area contributed by atoms with E-state index < -0.39 is 5.97 Å². The number of carbonyl (C=O) groups is 2. The van der Waals surface area contributed by atoms with E-state index in [1.807, 2.05) is 19.1 Å². The molecule has 1 aliphatic rings. The van der Waals surface area contributed by atoms with E-state index in [0.717, 1.165) is 32.1 Å². The summed E-state index contributed by atoms with van der Waals surface area (Å²) in [6.07, 6.45) is 15.8. The van der Waals surface area contributed by atoms with Gasteiger partial charge >= 0.3 is 5.97 Å². The van der Waals surface area contributed by atoms with Gasteiger partial charge in [0.25, 0.3) is 5.97 Å². The summed E-state index contributed by atoms with van der Waals surface area (Å²) in [5.74, 6) is -1.11. The highest BCUT2D eigenvalue weighted by molar-refractivity contribution is 5.83. The minimum Gasteiger partial charge on any atom is -0.481 e. The first kappa shape index (κ1) is 30.6. The third-order valence-corrected chi connectivity index (χ3v) is 5.67. The number of carboxylic acids is 1. The van der Waals surface area contributed by atoms with Crippen LogP contribution in [0, 0.1) is 5.41 Å². The van der Waals surface area contributed by atoms with Crippen molar-refractivity contribution < 1.29 is 19.4 Å². The van der Waals surface area contributed by atoms with Crippen molar-refractivity contribution >= 4 is 11.9 Å². The number of carboxylic acid groups (broad SMARTS) is 1. The fourth-order valence-electron chi connectivity index (χ4n) is 3.72. The fourth-order valence-corrected chi connectivity index (χ4v) is 3.72. The molecule has 0 unspecified atom stereocenters. The summed E-state index contributed by atoms with van der Waals surface area (Å²) in [4.78, 5) is 23.1. The van der Waals surface area contributed by atoms with Crippen LogP contribution < -0.4 is 0 Å². The topological polar surface area (TPSA) is 66.8 Å². The predicted molar refractivity (Wildman–Crippen MR) is 138 cm³/mol. The minimum atomic E-state index is -0.833. The summed E-state index contributed by atoms with van der Waals surface area (Å²) in [6.45, 7) is 19.4. The number of esters is 1. The smallest absolute Gasteiger partial charge is 0.331 e. The van der Waals surface area contributed by atoms with Gasteiger partial charge < -0.3 is 14.7 Å². The summed E-state index contributed by atoms with van der Waals surface area (Å²) in [6, 6.07) is 0. The number of likely N-dealkylation sites (N-methyl/N-ethyl adjacent to an activating group) is 1. The average Bonchev–Trinajstić information content (AvgIpc) is 2.70. The Morgan fingerprint density at radius 1 is 1.09 bits per heavy atom. The number of nitrogens with zero attached hydrogens (tertiary/aromatic N) is 1. The van der Waals surface area contributed by atoms with Crippen LogP contribution in [0.1, 0.15) is 74.7 Å². The predicted octanol–water partition coefficient (Wildman–Crippen LogP) is 6.49. The number of aliphatic carboxylic acids is 1. The summed E-state index contributed by atoms with van der Waals surface area (Å²) in [7, 11) is 0. The maximum absolute atomic E-state index is 11.9. The first-order valence-corrected chi connectivity index (χ1v) is 11.9. The summed E-state index contributed by atoms with van der Waals surface area (Å²) < 4.78 is 5.29. The Labute approximate surface area is 201 Å². The van der Waals surface area contributed by atoms with Crippen LogP contribution in [-0.2, 0) is 14.3 Å². The molecule has 0 saturated carbocycles. The third kappa shape index (κ3) is 14.4. The number of hydrogen-bond acceptors (Lipinski definition) is 4. The van der Waals surface area contributed by atoms with Crippen LogP contribution in [0.3, 0.4) is 0 Å². The van der Waals surface area contributed by atoms with Crippen LogP contribution in [0.15, 0.2) is 58.7 Å². The molecule has 0 aromatic rings. The maximum Gasteiger partial charge on any atom is 0.331 e. The van der Waals surface area contributed by atoms with Crippen molar-refractivity contribution in [1.29, 1.82) is 0 Å². The summed E-state index contributed by atoms with van der Waals surface area (Å²) >= 11 is 0. The van der Waals surface area contributed by atoms with E-state index in [1.54, 1.807) is 6.08 Å². The highest BCUT2D eigenvalue weighted by Crippen LogP contribution is 2.40. The Hall–Kier alpha value is -2.40. The molecular formula is C28H45NO4. The quantitative estimate of drug-likeness (QED) is 0.230. The van der Waals surface area contributed by atoms with Crippen molar-refractivity contribution in [3.63, 3.8) is 0 Å². The second kappa shape index (κ2) is 16.2. The fraction of sp³-hybridized carbons (Fsp3) is 0.571. The molecule has 1 N–H and O–H groups in total. The van der Waals surface area contributed by atoms with Crippen LogP contribution in [0.2, 0.25) is 0 Å². The van der Waals surface area contributed by atoms with Gasteiger partial charge in [-0.05, 0) is 69.7 Å². The van der Waals surface area contributed by atoms with Crippen molar-refractivity contribution in [2.45, 2.75) is 74.7 Å². The van der Waals surface area contributed by atoms with Gasteiger partial charge in [-0.3, -0.25) is 4.79 Å². The molecule has 0 saturated heterocycles. The van der Waals surface area contributed by atoms with Crippen molar-refractivity contribution in [3.05, 3.63) is 58.7 Å². The van der Waals surface area contributed by atoms with Gasteiger partial charge in [-0.2, -0.15) is 0 Å². The third-order valence-electron chi connectivity index (χ3n) is 5.67. The molecule has 0 radical (unpaired) electrons. The largest absolute Gasteiger partial charge is 0.481 e. The Morgan fingerprint density at radius 2 is 1.70 bits per heavy atom. The van der Waals surface area contributed by atoms with Gasteiger partial charge in [0.2, 0.25) is 0 Å². The highest BCUT2D eigenvalue weighted by Gasteiger charge is 2.26. The van der Waals surface area contributed by atoms with Crippen LogP contribution in [0.4, 0.5) is 0 Å². The average molecular weight is 460 g/mol. The van der Waals surface area contributed by atoms with Crippen LogP contribution in [-0.4, -0.2) is 48.2 Å². The van der Waals surface area contributed by atoms with Crippen molar-refractivity contribution in [3.8, 4) is 0 Å². The Bertz CT molecular complexity index is 774. The summed E-state index contributed by atoms with van der Waals surface area (Å²) in [5.41, 5.74) is 5.33. The van der Waals surface area contributed by atoms with Crippen LogP contribution in [0.25, 0.3) is 0 Å². The van der Waals surface area contributed by atoms with E-state index in [2.05, 4.69) is 64.7 Å². The zero-order valence-corrected chi connectivity index (χ0v) is 22.0. The number of allylic oxidation sites excluding steroid dienone is 9. The number of rotatable bonds is 10. The molecule has 0 atom stereocenters. The van der Waals surface area contributed by atoms with E-state index in [9.17, 15) is 4.79 Å². The van der Waals surface area contributed by atoms with Crippen molar-refractivity contribution in [2.24, 2.45) is 5.41 Å². The highest BCUT2D eigenvalue weighted by atomic mass is 16.5. The van der Waals surface area contributed by atoms with Crippen LogP contribution >= 0.6 is 0 Å². The Kier molecular flexibility index (Phi) is 15.1. The van der Waals surface area contributed by atoms with Gasteiger partial charge in [-0.25, -0.2) is 4.79 Å². The molecule has 0 spiro atoms. The maximum atomic E-state index is 11.9. The molecule has 0 fully saturated rings. The van der Waals surface area contributed by atoms with Gasteiger partial charge in [0.1, 0.15) is 6.61 Å². The first-order chi connectivity index (χ1) is 15.4. The zero-order valence-electron chi connectivity index (χ0n) is 22.0. The molecule has 0 heterocycles. The van der Waals surface area contributed by atoms with Gasteiger partial charge in [-0.1, -0.05) is 69.2 Å². The molecule has 186 valence electrons. The number of hydrogen-bond donors (Lipinski definition) is 1. The van der Waals surface area contributed by atoms with E-state index in [-0.39, 0.29) is 11.4 Å². The van der Waals surface area contributed by atoms with Gasteiger partial charge in [0.15, 0.2) is 0 Å². The molecule has 5 nitrogen and oxygen atoms in total. The normalized spacial score (nSPS) is 16.9. The lowest BCUT2D eigenvalue weighted by atomic mass is 9.72. The molecule has 1 aliphatic carbocycles. The summed E-state index contributed by atoms with van der Waals surface area (Å²) in [5, 5.41) is 7.42. The first-order valence-electron chi connectivity index (χ1n) is 11.9. The molecule has 1 rings (SSSR count). The SMILES string of the molecule is CC(=O)O.CCN(CC)CCOC(=O)\C=C(C)/C=C/C=C(C)\C=C\C1=C(C)CCCC1(C)C. The lowest BCUT2D eigenvalue weighted by Gasteiger charge is -2.32. The van der Waals surface area contributed by atoms with E-state index in [1.165, 1.54) is 36.0 Å². The molecular weight excluding hydrogens is 414 g/mol. The molecule has 0 amide bonds. The molecule has 0 aliphatic heterocycles. The Morgan fingerprint density at radius 3 is 2.24 bits per heavy atom. The van der Waals surface area contributed by atoms with Gasteiger partial charge in [-0.15, -0.1) is 0 Å². The van der Waals surface area contributed by atoms with Gasteiger partial charge in [0, 0.05) is 19.5 Å². The van der Waals surface area contributed by atoms with E-state index in [4.69, 9.17) is 14.6 Å². The zero-order chi connectivity index (χ0) is 25.4.